The van der Waals surface area contributed by atoms with Crippen molar-refractivity contribution >= 4 is 33.5 Å². The summed E-state index contributed by atoms with van der Waals surface area (Å²) in [5.74, 6) is -0.316. The molecule has 0 spiro atoms. The van der Waals surface area contributed by atoms with Gasteiger partial charge in [-0.1, -0.05) is 39.0 Å². The molecular weight excluding hydrogens is 503 g/mol. The average Bonchev–Trinajstić information content (AvgIpc) is 3.50. The van der Waals surface area contributed by atoms with Crippen LogP contribution in [0, 0.1) is 18.2 Å². The molecule has 0 atom stereocenters. The molecule has 0 saturated carbocycles. The van der Waals surface area contributed by atoms with Crippen molar-refractivity contribution in [1.82, 2.24) is 25.1 Å². The van der Waals surface area contributed by atoms with Gasteiger partial charge in [-0.2, -0.15) is 5.10 Å². The predicted molar refractivity (Wildman–Crippen MR) is 157 cm³/mol. The Morgan fingerprint density at radius 2 is 1.82 bits per heavy atom. The van der Waals surface area contributed by atoms with Gasteiger partial charge in [0, 0.05) is 29.1 Å². The van der Waals surface area contributed by atoms with Gasteiger partial charge >= 0.3 is 0 Å². The van der Waals surface area contributed by atoms with E-state index in [-0.39, 0.29) is 17.1 Å². The predicted octanol–water partition coefficient (Wildman–Crippen LogP) is 7.66. The number of carbonyl (C=O) groups excluding carboxylic acids is 1. The minimum atomic E-state index is -0.259. The first-order chi connectivity index (χ1) is 19.1. The Balaban J connectivity index is 1.37. The molecule has 8 heteroatoms. The Hall–Kier alpha value is -4.85. The van der Waals surface area contributed by atoms with Crippen molar-refractivity contribution in [3.05, 3.63) is 84.4 Å². The van der Waals surface area contributed by atoms with Crippen molar-refractivity contribution in [3.8, 4) is 33.8 Å². The van der Waals surface area contributed by atoms with Gasteiger partial charge in [-0.15, -0.1) is 0 Å². The molecule has 0 aliphatic heterocycles. The van der Waals surface area contributed by atoms with Gasteiger partial charge in [0.2, 0.25) is 5.91 Å². The SMILES string of the molecule is Cc1cc(F)cc(-c2cccc3[nH]c(-c4n[nH]c5ccc(-c6cncc(NC(=O)CC(C)(C)C)c6)nc45)cc23)c1. The molecule has 1 amide bonds. The number of carbonyl (C=O) groups is 1. The van der Waals surface area contributed by atoms with Crippen LogP contribution >= 0.6 is 0 Å². The highest BCUT2D eigenvalue weighted by Gasteiger charge is 2.18. The Morgan fingerprint density at radius 3 is 2.62 bits per heavy atom. The third-order valence-corrected chi connectivity index (χ3v) is 6.69. The number of hydrogen-bond donors (Lipinski definition) is 3. The quantitative estimate of drug-likeness (QED) is 0.212. The second kappa shape index (κ2) is 9.72. The van der Waals surface area contributed by atoms with Crippen molar-refractivity contribution < 1.29 is 9.18 Å². The van der Waals surface area contributed by atoms with E-state index < -0.39 is 0 Å². The normalized spacial score (nSPS) is 11.8. The second-order valence-electron chi connectivity index (χ2n) is 11.4. The van der Waals surface area contributed by atoms with Crippen molar-refractivity contribution in [1.29, 1.82) is 0 Å². The summed E-state index contributed by atoms with van der Waals surface area (Å²) in [6.45, 7) is 7.97. The molecule has 40 heavy (non-hydrogen) atoms. The van der Waals surface area contributed by atoms with E-state index in [0.29, 0.717) is 29.0 Å². The lowest BCUT2D eigenvalue weighted by molar-refractivity contribution is -0.117. The Labute approximate surface area is 230 Å². The van der Waals surface area contributed by atoms with E-state index in [0.717, 1.165) is 44.4 Å². The van der Waals surface area contributed by atoms with Crippen molar-refractivity contribution in [2.24, 2.45) is 5.41 Å². The molecule has 7 nitrogen and oxygen atoms in total. The molecule has 3 N–H and O–H groups in total. The molecule has 0 radical (unpaired) electrons. The van der Waals surface area contributed by atoms with Crippen LogP contribution in [0.25, 0.3) is 55.7 Å². The number of nitrogens with one attached hydrogen (secondary N) is 3. The molecule has 200 valence electrons. The van der Waals surface area contributed by atoms with Gasteiger partial charge in [0.25, 0.3) is 0 Å². The van der Waals surface area contributed by atoms with Gasteiger partial charge in [0.05, 0.1) is 28.8 Å². The van der Waals surface area contributed by atoms with Gasteiger partial charge in [0.15, 0.2) is 0 Å². The van der Waals surface area contributed by atoms with Crippen LogP contribution in [0.15, 0.2) is 73.1 Å². The lowest BCUT2D eigenvalue weighted by Gasteiger charge is -2.17. The number of halogens is 1. The molecule has 6 aromatic rings. The van der Waals surface area contributed by atoms with Crippen LogP contribution < -0.4 is 5.32 Å². The van der Waals surface area contributed by atoms with Gasteiger partial charge in [-0.3, -0.25) is 14.9 Å². The lowest BCUT2D eigenvalue weighted by atomic mass is 9.92. The highest BCUT2D eigenvalue weighted by molar-refractivity contribution is 6.00. The largest absolute Gasteiger partial charge is 0.353 e. The van der Waals surface area contributed by atoms with Crippen molar-refractivity contribution in [2.45, 2.75) is 34.1 Å². The summed E-state index contributed by atoms with van der Waals surface area (Å²) in [6, 6.07) is 18.7. The first kappa shape index (κ1) is 25.4. The number of fused-ring (bicyclic) bond motifs is 2. The van der Waals surface area contributed by atoms with Gasteiger partial charge in [0.1, 0.15) is 17.0 Å². The average molecular weight is 533 g/mol. The summed E-state index contributed by atoms with van der Waals surface area (Å²) in [5.41, 5.74) is 8.52. The van der Waals surface area contributed by atoms with Crippen LogP contribution in [-0.2, 0) is 4.79 Å². The fraction of sp³-hybridized carbons (Fsp3) is 0.188. The number of rotatable bonds is 5. The maximum atomic E-state index is 14.2. The van der Waals surface area contributed by atoms with Crippen LogP contribution in [0.4, 0.5) is 10.1 Å². The number of amides is 1. The van der Waals surface area contributed by atoms with E-state index in [1.807, 2.05) is 76.2 Å². The van der Waals surface area contributed by atoms with Crippen LogP contribution in [0.3, 0.4) is 0 Å². The van der Waals surface area contributed by atoms with E-state index in [1.54, 1.807) is 18.5 Å². The topological polar surface area (TPSA) is 99.4 Å². The first-order valence-electron chi connectivity index (χ1n) is 13.1. The summed E-state index contributed by atoms with van der Waals surface area (Å²) in [5, 5.41) is 11.6. The number of hydrogen-bond acceptors (Lipinski definition) is 4. The highest BCUT2D eigenvalue weighted by atomic mass is 19.1. The molecule has 4 heterocycles. The smallest absolute Gasteiger partial charge is 0.224 e. The van der Waals surface area contributed by atoms with Gasteiger partial charge in [-0.05, 0) is 71.5 Å². The molecule has 6 rings (SSSR count). The minimum Gasteiger partial charge on any atom is -0.353 e. The van der Waals surface area contributed by atoms with Crippen molar-refractivity contribution in [3.63, 3.8) is 0 Å². The Bertz CT molecular complexity index is 1880. The molecule has 0 saturated heterocycles. The molecule has 2 aromatic carbocycles. The molecule has 0 aliphatic carbocycles. The van der Waals surface area contributed by atoms with E-state index in [1.165, 1.54) is 6.07 Å². The lowest BCUT2D eigenvalue weighted by Crippen LogP contribution is -2.19. The van der Waals surface area contributed by atoms with Crippen LogP contribution in [0.2, 0.25) is 0 Å². The molecule has 0 bridgehead atoms. The third kappa shape index (κ3) is 5.08. The van der Waals surface area contributed by atoms with E-state index in [9.17, 15) is 9.18 Å². The standard InChI is InChI=1S/C32H29FN6O/c1-18-10-19(12-21(33)11-18)23-6-5-7-26-24(23)14-28(36-26)31-30-27(38-39-31)9-8-25(37-30)20-13-22(17-34-16-20)35-29(40)15-32(2,3)4/h5-14,16-17,36H,15H2,1-4H3,(H,35,40)(H,38,39). The fourth-order valence-electron chi connectivity index (χ4n) is 5.01. The summed E-state index contributed by atoms with van der Waals surface area (Å²) >= 11 is 0. The van der Waals surface area contributed by atoms with E-state index in [4.69, 9.17) is 4.98 Å². The molecule has 0 fully saturated rings. The number of aromatic amines is 2. The van der Waals surface area contributed by atoms with E-state index in [2.05, 4.69) is 25.5 Å². The summed E-state index contributed by atoms with van der Waals surface area (Å²) in [7, 11) is 0. The maximum absolute atomic E-state index is 14.2. The zero-order chi connectivity index (χ0) is 28.0. The van der Waals surface area contributed by atoms with Crippen LogP contribution in [0.5, 0.6) is 0 Å². The molecule has 0 aliphatic rings. The number of anilines is 1. The number of aryl methyl sites for hydroxylation is 1. The highest BCUT2D eigenvalue weighted by Crippen LogP contribution is 2.35. The number of pyridine rings is 2. The summed E-state index contributed by atoms with van der Waals surface area (Å²) < 4.78 is 14.2. The molecule has 4 aromatic heterocycles. The number of nitrogens with zero attached hydrogens (tertiary/aromatic N) is 3. The number of H-pyrrole nitrogens is 2. The maximum Gasteiger partial charge on any atom is 0.224 e. The monoisotopic (exact) mass is 532 g/mol. The first-order valence-corrected chi connectivity index (χ1v) is 13.1. The summed E-state index contributed by atoms with van der Waals surface area (Å²) in [6.07, 6.45) is 3.77. The zero-order valence-corrected chi connectivity index (χ0v) is 22.8. The number of aromatic nitrogens is 5. The van der Waals surface area contributed by atoms with Crippen LogP contribution in [0.1, 0.15) is 32.8 Å². The van der Waals surface area contributed by atoms with Crippen molar-refractivity contribution in [2.75, 3.05) is 5.32 Å². The Morgan fingerprint density at radius 1 is 0.975 bits per heavy atom. The van der Waals surface area contributed by atoms with Gasteiger partial charge in [-0.25, -0.2) is 9.37 Å². The van der Waals surface area contributed by atoms with Crippen LogP contribution in [-0.4, -0.2) is 31.1 Å². The second-order valence-corrected chi connectivity index (χ2v) is 11.4. The zero-order valence-electron chi connectivity index (χ0n) is 22.8. The fourth-order valence-corrected chi connectivity index (χ4v) is 5.01. The third-order valence-electron chi connectivity index (χ3n) is 6.69. The molecule has 0 unspecified atom stereocenters. The Kier molecular flexibility index (Phi) is 6.18. The summed E-state index contributed by atoms with van der Waals surface area (Å²) in [4.78, 5) is 25.2. The van der Waals surface area contributed by atoms with E-state index >= 15 is 0 Å². The number of benzene rings is 2. The molecular formula is C32H29FN6O. The van der Waals surface area contributed by atoms with Gasteiger partial charge < -0.3 is 10.3 Å². The minimum absolute atomic E-state index is 0.0569.